The van der Waals surface area contributed by atoms with Crippen LogP contribution in [0.2, 0.25) is 0 Å². The summed E-state index contributed by atoms with van der Waals surface area (Å²) in [5.74, 6) is 0. The minimum Gasteiger partial charge on any atom is -0.368 e. The average molecular weight is 347 g/mol. The third-order valence-electron chi connectivity index (χ3n) is 4.35. The van der Waals surface area contributed by atoms with Crippen LogP contribution >= 0.6 is 0 Å². The van der Waals surface area contributed by atoms with Crippen molar-refractivity contribution in [2.45, 2.75) is 11.8 Å². The van der Waals surface area contributed by atoms with Crippen LogP contribution in [0.25, 0.3) is 0 Å². The predicted molar refractivity (Wildman–Crippen MR) is 94.8 cm³/mol. The standard InChI is InChI=1S/C17H22N4O2S/c1-14-4-3-5-15(12-14)20-8-10-21(11-9-20)16-6-7-19-13-17(16)24(22,23)18-2/h3-7,12-13,18H,8-11H2,1-2H3/p+1. The maximum absolute atomic E-state index is 12.2. The first kappa shape index (κ1) is 16.7. The number of pyridine rings is 1. The Kier molecular flexibility index (Phi) is 4.73. The van der Waals surface area contributed by atoms with Crippen molar-refractivity contribution >= 4 is 21.4 Å². The fourth-order valence-corrected chi connectivity index (χ4v) is 3.94. The van der Waals surface area contributed by atoms with E-state index in [4.69, 9.17) is 0 Å². The van der Waals surface area contributed by atoms with Gasteiger partial charge in [-0.3, -0.25) is 0 Å². The number of hydrogen-bond donors (Lipinski definition) is 1. The zero-order valence-corrected chi connectivity index (χ0v) is 14.8. The number of hydrogen-bond acceptors (Lipinski definition) is 4. The smallest absolute Gasteiger partial charge is 0.248 e. The van der Waals surface area contributed by atoms with Gasteiger partial charge in [0.15, 0.2) is 17.3 Å². The van der Waals surface area contributed by atoms with Crippen molar-refractivity contribution in [1.29, 1.82) is 0 Å². The first-order chi connectivity index (χ1) is 11.5. The highest BCUT2D eigenvalue weighted by molar-refractivity contribution is 7.89. The molecule has 0 aliphatic carbocycles. The highest BCUT2D eigenvalue weighted by Gasteiger charge is 2.25. The number of H-pyrrole nitrogens is 1. The fraction of sp³-hybridized carbons (Fsp3) is 0.353. The zero-order chi connectivity index (χ0) is 17.2. The van der Waals surface area contributed by atoms with Gasteiger partial charge in [-0.1, -0.05) is 12.1 Å². The molecule has 1 fully saturated rings. The number of rotatable bonds is 4. The lowest BCUT2D eigenvalue weighted by Gasteiger charge is -2.37. The van der Waals surface area contributed by atoms with E-state index in [2.05, 4.69) is 50.7 Å². The lowest BCUT2D eigenvalue weighted by Crippen LogP contribution is -2.47. The monoisotopic (exact) mass is 347 g/mol. The normalized spacial score (nSPS) is 15.6. The van der Waals surface area contributed by atoms with Crippen molar-refractivity contribution in [3.05, 3.63) is 48.3 Å². The van der Waals surface area contributed by atoms with Gasteiger partial charge in [0.1, 0.15) is 0 Å². The van der Waals surface area contributed by atoms with Gasteiger partial charge in [-0.15, -0.1) is 0 Å². The van der Waals surface area contributed by atoms with Crippen LogP contribution in [0.1, 0.15) is 5.56 Å². The molecule has 0 unspecified atom stereocenters. The average Bonchev–Trinajstić information content (AvgIpc) is 2.62. The SMILES string of the molecule is CNS(=O)(=O)c1c[nH+]ccc1N1CCN(c2cccc(C)c2)CC1. The second-order valence-corrected chi connectivity index (χ2v) is 7.77. The maximum Gasteiger partial charge on any atom is 0.248 e. The third kappa shape index (κ3) is 3.37. The van der Waals surface area contributed by atoms with E-state index >= 15 is 0 Å². The molecule has 128 valence electrons. The highest BCUT2D eigenvalue weighted by atomic mass is 32.2. The van der Waals surface area contributed by atoms with E-state index in [1.54, 1.807) is 6.20 Å². The van der Waals surface area contributed by atoms with Crippen LogP contribution in [0.3, 0.4) is 0 Å². The van der Waals surface area contributed by atoms with Gasteiger partial charge in [0.2, 0.25) is 10.0 Å². The van der Waals surface area contributed by atoms with E-state index in [9.17, 15) is 8.42 Å². The van der Waals surface area contributed by atoms with Crippen LogP contribution in [0, 0.1) is 6.92 Å². The van der Waals surface area contributed by atoms with Crippen molar-refractivity contribution in [3.8, 4) is 0 Å². The molecule has 0 saturated carbocycles. The van der Waals surface area contributed by atoms with Gasteiger partial charge in [-0.2, -0.15) is 0 Å². The highest BCUT2D eigenvalue weighted by Crippen LogP contribution is 2.25. The Morgan fingerprint density at radius 1 is 1.08 bits per heavy atom. The molecule has 2 aromatic rings. The number of nitrogens with zero attached hydrogens (tertiary/aromatic N) is 2. The Bertz CT molecular complexity index is 815. The third-order valence-corrected chi connectivity index (χ3v) is 5.79. The summed E-state index contributed by atoms with van der Waals surface area (Å²) in [6.07, 6.45) is 3.30. The molecular formula is C17H23N4O2S+. The summed E-state index contributed by atoms with van der Waals surface area (Å²) in [5, 5.41) is 0. The molecule has 6 nitrogen and oxygen atoms in total. The number of sulfonamides is 1. The van der Waals surface area contributed by atoms with E-state index in [0.717, 1.165) is 31.9 Å². The summed E-state index contributed by atoms with van der Waals surface area (Å²) < 4.78 is 26.8. The quantitative estimate of drug-likeness (QED) is 0.898. The topological polar surface area (TPSA) is 66.8 Å². The molecule has 2 heterocycles. The molecule has 2 N–H and O–H groups in total. The molecular weight excluding hydrogens is 324 g/mol. The van der Waals surface area contributed by atoms with Crippen molar-refractivity contribution in [2.24, 2.45) is 0 Å². The lowest BCUT2D eigenvalue weighted by atomic mass is 10.2. The molecule has 24 heavy (non-hydrogen) atoms. The van der Waals surface area contributed by atoms with Crippen LogP contribution in [0.15, 0.2) is 47.6 Å². The number of benzene rings is 1. The molecule has 0 atom stereocenters. The van der Waals surface area contributed by atoms with E-state index in [1.165, 1.54) is 24.5 Å². The molecule has 0 spiro atoms. The van der Waals surface area contributed by atoms with E-state index in [1.807, 2.05) is 6.07 Å². The number of aromatic amines is 1. The van der Waals surface area contributed by atoms with Crippen LogP contribution in [0.4, 0.5) is 11.4 Å². The molecule has 1 aliphatic rings. The van der Waals surface area contributed by atoms with Gasteiger partial charge in [-0.25, -0.2) is 18.1 Å². The van der Waals surface area contributed by atoms with Crippen LogP contribution in [-0.2, 0) is 10.0 Å². The van der Waals surface area contributed by atoms with Crippen molar-refractivity contribution in [2.75, 3.05) is 43.0 Å². The van der Waals surface area contributed by atoms with E-state index < -0.39 is 10.0 Å². The predicted octanol–water partition coefficient (Wildman–Crippen LogP) is 1.04. The fourth-order valence-electron chi connectivity index (χ4n) is 3.02. The molecule has 1 aliphatic heterocycles. The summed E-state index contributed by atoms with van der Waals surface area (Å²) >= 11 is 0. The number of aryl methyl sites for hydroxylation is 1. The van der Waals surface area contributed by atoms with Crippen molar-refractivity contribution < 1.29 is 13.4 Å². The number of piperazine rings is 1. The number of aromatic nitrogens is 1. The molecule has 0 amide bonds. The molecule has 3 rings (SSSR count). The van der Waals surface area contributed by atoms with Gasteiger partial charge in [0.05, 0.1) is 5.69 Å². The van der Waals surface area contributed by atoms with Gasteiger partial charge in [-0.05, 0) is 31.7 Å². The van der Waals surface area contributed by atoms with Crippen molar-refractivity contribution in [3.63, 3.8) is 0 Å². The summed E-state index contributed by atoms with van der Waals surface area (Å²) in [5.41, 5.74) is 3.21. The summed E-state index contributed by atoms with van der Waals surface area (Å²) in [7, 11) is -2.05. The summed E-state index contributed by atoms with van der Waals surface area (Å²) in [4.78, 5) is 7.62. The molecule has 1 aromatic carbocycles. The molecule has 7 heteroatoms. The minimum absolute atomic E-state index is 0.288. The molecule has 1 saturated heterocycles. The number of anilines is 2. The number of nitrogens with one attached hydrogen (secondary N) is 2. The molecule has 1 aromatic heterocycles. The first-order valence-corrected chi connectivity index (χ1v) is 9.50. The largest absolute Gasteiger partial charge is 0.368 e. The first-order valence-electron chi connectivity index (χ1n) is 8.01. The molecule has 0 bridgehead atoms. The second-order valence-electron chi connectivity index (χ2n) is 5.91. The summed E-state index contributed by atoms with van der Waals surface area (Å²) in [6.45, 7) is 5.38. The Morgan fingerprint density at radius 2 is 1.79 bits per heavy atom. The lowest BCUT2D eigenvalue weighted by molar-refractivity contribution is -0.380. The maximum atomic E-state index is 12.2. The zero-order valence-electron chi connectivity index (χ0n) is 14.0. The van der Waals surface area contributed by atoms with Crippen molar-refractivity contribution in [1.82, 2.24) is 4.72 Å². The van der Waals surface area contributed by atoms with Gasteiger partial charge < -0.3 is 9.80 Å². The van der Waals surface area contributed by atoms with Gasteiger partial charge in [0.25, 0.3) is 0 Å². The van der Waals surface area contributed by atoms with Gasteiger partial charge in [0, 0.05) is 37.9 Å². The van der Waals surface area contributed by atoms with Gasteiger partial charge >= 0.3 is 0 Å². The summed E-state index contributed by atoms with van der Waals surface area (Å²) in [6, 6.07) is 10.3. The second kappa shape index (κ2) is 6.78. The van der Waals surface area contributed by atoms with E-state index in [0.29, 0.717) is 0 Å². The van der Waals surface area contributed by atoms with Crippen LogP contribution in [-0.4, -0.2) is 41.6 Å². The van der Waals surface area contributed by atoms with Crippen LogP contribution in [0.5, 0.6) is 0 Å². The minimum atomic E-state index is -3.49. The Hall–Kier alpha value is -2.12. The van der Waals surface area contributed by atoms with Crippen LogP contribution < -0.4 is 19.5 Å². The Labute approximate surface area is 143 Å². The molecule has 0 radical (unpaired) electrons. The Morgan fingerprint density at radius 3 is 2.46 bits per heavy atom. The Balaban J connectivity index is 1.78. The van der Waals surface area contributed by atoms with E-state index in [-0.39, 0.29) is 4.90 Å².